The first-order valence-electron chi connectivity index (χ1n) is 5.08. The molecule has 3 aromatic rings. The summed E-state index contributed by atoms with van der Waals surface area (Å²) in [7, 11) is 0. The molecule has 0 amide bonds. The molecule has 0 radical (unpaired) electrons. The quantitative estimate of drug-likeness (QED) is 0.764. The van der Waals surface area contributed by atoms with Gasteiger partial charge in [0.2, 0.25) is 0 Å². The summed E-state index contributed by atoms with van der Waals surface area (Å²) in [5.74, 6) is 1.51. The van der Waals surface area contributed by atoms with Gasteiger partial charge in [-0.3, -0.25) is 0 Å². The molecule has 0 fully saturated rings. The number of hydrogen-bond donors (Lipinski definition) is 2. The molecule has 0 bridgehead atoms. The minimum absolute atomic E-state index is 0.750. The van der Waals surface area contributed by atoms with E-state index in [0.29, 0.717) is 0 Å². The van der Waals surface area contributed by atoms with Gasteiger partial charge in [-0.2, -0.15) is 0 Å². The first-order chi connectivity index (χ1) is 8.31. The van der Waals surface area contributed by atoms with E-state index in [9.17, 15) is 0 Å². The van der Waals surface area contributed by atoms with Crippen LogP contribution in [-0.4, -0.2) is 19.9 Å². The molecule has 0 saturated carbocycles. The number of aromatic nitrogens is 4. The molecule has 0 aliphatic carbocycles. The summed E-state index contributed by atoms with van der Waals surface area (Å²) in [6.45, 7) is 0. The molecular formula is C11H9ClN4S. The molecule has 0 saturated heterocycles. The van der Waals surface area contributed by atoms with Crippen LogP contribution in [0.1, 0.15) is 10.6 Å². The van der Waals surface area contributed by atoms with E-state index in [-0.39, 0.29) is 0 Å². The molecule has 0 aliphatic heterocycles. The highest BCUT2D eigenvalue weighted by Gasteiger charge is 2.07. The van der Waals surface area contributed by atoms with Crippen LogP contribution in [0.15, 0.2) is 30.0 Å². The minimum atomic E-state index is 0.750. The van der Waals surface area contributed by atoms with E-state index in [1.54, 1.807) is 23.7 Å². The highest BCUT2D eigenvalue weighted by molar-refractivity contribution is 7.10. The Bertz CT molecular complexity index is 611. The Hall–Kier alpha value is -1.59. The minimum Gasteiger partial charge on any atom is -0.342 e. The molecule has 0 aromatic carbocycles. The standard InChI is InChI=1S/C11H9ClN4S/c12-7-3-9(17-6-7)4-8-5-15-11(16-8)10-13-1-2-14-10/h1-3,5-6H,4H2,(H,13,14)(H,15,16). The molecule has 0 unspecified atom stereocenters. The Morgan fingerprint density at radius 3 is 2.94 bits per heavy atom. The fourth-order valence-electron chi connectivity index (χ4n) is 1.59. The SMILES string of the molecule is Clc1csc(Cc2c[nH]c(-c3ncc[nH]3)n2)c1. The van der Waals surface area contributed by atoms with Crippen molar-refractivity contribution in [3.8, 4) is 11.6 Å². The molecule has 0 spiro atoms. The molecular weight excluding hydrogens is 256 g/mol. The van der Waals surface area contributed by atoms with Crippen molar-refractivity contribution in [2.75, 3.05) is 0 Å². The van der Waals surface area contributed by atoms with Crippen LogP contribution in [0, 0.1) is 0 Å². The molecule has 0 atom stereocenters. The molecule has 4 nitrogen and oxygen atoms in total. The molecule has 0 aliphatic rings. The lowest BCUT2D eigenvalue weighted by Crippen LogP contribution is -1.86. The Labute approximate surface area is 107 Å². The van der Waals surface area contributed by atoms with Crippen molar-refractivity contribution >= 4 is 22.9 Å². The maximum atomic E-state index is 5.88. The van der Waals surface area contributed by atoms with Gasteiger partial charge in [0.1, 0.15) is 0 Å². The molecule has 3 heterocycles. The first kappa shape index (κ1) is 10.6. The van der Waals surface area contributed by atoms with Gasteiger partial charge in [0.25, 0.3) is 0 Å². The number of rotatable bonds is 3. The van der Waals surface area contributed by atoms with E-state index in [1.807, 2.05) is 17.6 Å². The summed E-state index contributed by atoms with van der Waals surface area (Å²) < 4.78 is 0. The van der Waals surface area contributed by atoms with Gasteiger partial charge in [-0.15, -0.1) is 11.3 Å². The molecule has 6 heteroatoms. The monoisotopic (exact) mass is 264 g/mol. The van der Waals surface area contributed by atoms with Gasteiger partial charge in [-0.25, -0.2) is 9.97 Å². The van der Waals surface area contributed by atoms with E-state index in [4.69, 9.17) is 11.6 Å². The van der Waals surface area contributed by atoms with Crippen LogP contribution in [0.25, 0.3) is 11.6 Å². The van der Waals surface area contributed by atoms with Crippen LogP contribution < -0.4 is 0 Å². The molecule has 86 valence electrons. The van der Waals surface area contributed by atoms with Crippen molar-refractivity contribution in [2.24, 2.45) is 0 Å². The van der Waals surface area contributed by atoms with Gasteiger partial charge in [0.15, 0.2) is 11.6 Å². The Balaban J connectivity index is 1.81. The van der Waals surface area contributed by atoms with Crippen molar-refractivity contribution in [3.05, 3.63) is 45.6 Å². The average Bonchev–Trinajstić information content (AvgIpc) is 3.00. The molecule has 3 aromatic heterocycles. The van der Waals surface area contributed by atoms with E-state index in [0.717, 1.165) is 28.8 Å². The second-order valence-electron chi connectivity index (χ2n) is 3.59. The number of nitrogens with zero attached hydrogens (tertiary/aromatic N) is 2. The van der Waals surface area contributed by atoms with Crippen molar-refractivity contribution < 1.29 is 0 Å². The molecule has 17 heavy (non-hydrogen) atoms. The number of hydrogen-bond acceptors (Lipinski definition) is 3. The maximum absolute atomic E-state index is 5.88. The van der Waals surface area contributed by atoms with Crippen molar-refractivity contribution in [3.63, 3.8) is 0 Å². The van der Waals surface area contributed by atoms with Gasteiger partial charge in [-0.05, 0) is 6.07 Å². The zero-order valence-corrected chi connectivity index (χ0v) is 10.3. The Kier molecular flexibility index (Phi) is 2.70. The smallest absolute Gasteiger partial charge is 0.173 e. The van der Waals surface area contributed by atoms with Crippen molar-refractivity contribution in [2.45, 2.75) is 6.42 Å². The largest absolute Gasteiger partial charge is 0.342 e. The third-order valence-corrected chi connectivity index (χ3v) is 3.61. The van der Waals surface area contributed by atoms with Gasteiger partial charge in [0.05, 0.1) is 10.7 Å². The summed E-state index contributed by atoms with van der Waals surface area (Å²) >= 11 is 7.52. The second kappa shape index (κ2) is 4.35. The van der Waals surface area contributed by atoms with Gasteiger partial charge < -0.3 is 9.97 Å². The summed E-state index contributed by atoms with van der Waals surface area (Å²) in [6.07, 6.45) is 6.16. The van der Waals surface area contributed by atoms with Crippen molar-refractivity contribution in [1.82, 2.24) is 19.9 Å². The van der Waals surface area contributed by atoms with E-state index >= 15 is 0 Å². The Morgan fingerprint density at radius 1 is 1.29 bits per heavy atom. The number of aromatic amines is 2. The topological polar surface area (TPSA) is 57.4 Å². The highest BCUT2D eigenvalue weighted by Crippen LogP contribution is 2.22. The van der Waals surface area contributed by atoms with Crippen molar-refractivity contribution in [1.29, 1.82) is 0 Å². The molecule has 3 rings (SSSR count). The zero-order chi connectivity index (χ0) is 11.7. The van der Waals surface area contributed by atoms with Gasteiger partial charge in [0, 0.05) is 35.3 Å². The zero-order valence-electron chi connectivity index (χ0n) is 8.77. The number of halogens is 1. The Morgan fingerprint density at radius 2 is 2.24 bits per heavy atom. The van der Waals surface area contributed by atoms with Crippen LogP contribution >= 0.6 is 22.9 Å². The summed E-state index contributed by atoms with van der Waals surface area (Å²) in [5.41, 5.74) is 0.981. The summed E-state index contributed by atoms with van der Waals surface area (Å²) in [4.78, 5) is 15.9. The number of imidazole rings is 2. The van der Waals surface area contributed by atoms with Gasteiger partial charge >= 0.3 is 0 Å². The average molecular weight is 265 g/mol. The fourth-order valence-corrected chi connectivity index (χ4v) is 2.68. The van der Waals surface area contributed by atoms with Crippen LogP contribution in [0.4, 0.5) is 0 Å². The normalized spacial score (nSPS) is 10.9. The first-order valence-corrected chi connectivity index (χ1v) is 6.34. The predicted molar refractivity (Wildman–Crippen MR) is 68.3 cm³/mol. The number of H-pyrrole nitrogens is 2. The van der Waals surface area contributed by atoms with Gasteiger partial charge in [-0.1, -0.05) is 11.6 Å². The lowest BCUT2D eigenvalue weighted by molar-refractivity contribution is 1.12. The van der Waals surface area contributed by atoms with E-state index in [1.165, 1.54) is 4.88 Å². The maximum Gasteiger partial charge on any atom is 0.173 e. The number of nitrogens with one attached hydrogen (secondary N) is 2. The van der Waals surface area contributed by atoms with E-state index in [2.05, 4.69) is 19.9 Å². The van der Waals surface area contributed by atoms with E-state index < -0.39 is 0 Å². The predicted octanol–water partition coefficient (Wildman–Crippen LogP) is 3.11. The van der Waals surface area contributed by atoms with Crippen LogP contribution in [0.2, 0.25) is 5.02 Å². The second-order valence-corrected chi connectivity index (χ2v) is 5.02. The van der Waals surface area contributed by atoms with Crippen LogP contribution in [0.5, 0.6) is 0 Å². The summed E-state index contributed by atoms with van der Waals surface area (Å²) in [6, 6.07) is 1.97. The third kappa shape index (κ3) is 2.25. The van der Waals surface area contributed by atoms with Crippen LogP contribution in [0.3, 0.4) is 0 Å². The lowest BCUT2D eigenvalue weighted by atomic mass is 10.3. The summed E-state index contributed by atoms with van der Waals surface area (Å²) in [5, 5.41) is 2.71. The third-order valence-electron chi connectivity index (χ3n) is 2.33. The van der Waals surface area contributed by atoms with Crippen LogP contribution in [-0.2, 0) is 6.42 Å². The lowest BCUT2D eigenvalue weighted by Gasteiger charge is -1.91. The fraction of sp³-hybridized carbons (Fsp3) is 0.0909. The molecule has 2 N–H and O–H groups in total. The highest BCUT2D eigenvalue weighted by atomic mass is 35.5. The number of thiophene rings is 1.